The van der Waals surface area contributed by atoms with Crippen LogP contribution in [-0.4, -0.2) is 78.1 Å². The number of ether oxygens (including phenoxy) is 1. The van der Waals surface area contributed by atoms with Crippen molar-refractivity contribution in [2.75, 3.05) is 51.3 Å². The third-order valence-electron chi connectivity index (χ3n) is 5.21. The molecule has 4 rings (SSSR count). The van der Waals surface area contributed by atoms with Gasteiger partial charge in [-0.25, -0.2) is 9.97 Å². The number of methoxy groups -OCH3 is 1. The van der Waals surface area contributed by atoms with Crippen molar-refractivity contribution in [2.24, 2.45) is 0 Å². The molecule has 0 unspecified atom stereocenters. The van der Waals surface area contributed by atoms with Crippen LogP contribution in [0.4, 0.5) is 5.95 Å². The molecule has 2 saturated heterocycles. The Bertz CT molecular complexity index is 805. The topological polar surface area (TPSA) is 61.8 Å². The van der Waals surface area contributed by atoms with Gasteiger partial charge in [0.15, 0.2) is 0 Å². The molecule has 2 fully saturated rings. The monoisotopic (exact) mass is 479 g/mol. The fraction of sp³-hybridized carbons (Fsp3) is 0.421. The van der Waals surface area contributed by atoms with Crippen molar-refractivity contribution in [1.82, 2.24) is 19.8 Å². The summed E-state index contributed by atoms with van der Waals surface area (Å²) in [5.74, 6) is 1.70. The van der Waals surface area contributed by atoms with Gasteiger partial charge in [0.05, 0.1) is 10.7 Å². The van der Waals surface area contributed by atoms with Gasteiger partial charge < -0.3 is 14.5 Å². The van der Waals surface area contributed by atoms with Crippen molar-refractivity contribution in [3.63, 3.8) is 0 Å². The average molecular weight is 479 g/mol. The molecular formula is C19H22IN5O2. The minimum absolute atomic E-state index is 0.100. The third kappa shape index (κ3) is 3.86. The van der Waals surface area contributed by atoms with Crippen LogP contribution in [0.2, 0.25) is 0 Å². The van der Waals surface area contributed by atoms with E-state index in [1.54, 1.807) is 19.5 Å². The van der Waals surface area contributed by atoms with Crippen LogP contribution < -0.4 is 9.64 Å². The number of amides is 1. The molecule has 27 heavy (non-hydrogen) atoms. The highest BCUT2D eigenvalue weighted by Gasteiger charge is 2.36. The summed E-state index contributed by atoms with van der Waals surface area (Å²) in [5, 5.41) is 0. The first-order valence-corrected chi connectivity index (χ1v) is 10.1. The second-order valence-electron chi connectivity index (χ2n) is 6.79. The van der Waals surface area contributed by atoms with E-state index in [1.807, 2.05) is 29.2 Å². The van der Waals surface area contributed by atoms with E-state index in [9.17, 15) is 4.79 Å². The minimum atomic E-state index is 0.100. The van der Waals surface area contributed by atoms with Gasteiger partial charge in [0.2, 0.25) is 5.95 Å². The number of piperazine rings is 1. The number of carbonyl (C=O) groups excluding carboxylic acids is 1. The Morgan fingerprint density at radius 1 is 1.15 bits per heavy atom. The minimum Gasteiger partial charge on any atom is -0.496 e. The number of hydrogen-bond acceptors (Lipinski definition) is 6. The fourth-order valence-corrected chi connectivity index (χ4v) is 4.31. The summed E-state index contributed by atoms with van der Waals surface area (Å²) < 4.78 is 6.22. The summed E-state index contributed by atoms with van der Waals surface area (Å²) in [7, 11) is 1.64. The van der Waals surface area contributed by atoms with Gasteiger partial charge in [0.1, 0.15) is 5.75 Å². The molecule has 3 heterocycles. The number of nitrogens with zero attached hydrogens (tertiary/aromatic N) is 5. The highest BCUT2D eigenvalue weighted by molar-refractivity contribution is 14.1. The lowest BCUT2D eigenvalue weighted by Crippen LogP contribution is -2.64. The number of rotatable bonds is 4. The van der Waals surface area contributed by atoms with Crippen LogP contribution in [0.1, 0.15) is 10.4 Å². The van der Waals surface area contributed by atoms with Crippen LogP contribution in [0.25, 0.3) is 0 Å². The predicted octanol–water partition coefficient (Wildman–Crippen LogP) is 1.74. The quantitative estimate of drug-likeness (QED) is 0.623. The number of hydrogen-bond donors (Lipinski definition) is 0. The fourth-order valence-electron chi connectivity index (χ4n) is 3.58. The van der Waals surface area contributed by atoms with E-state index < -0.39 is 0 Å². The Hall–Kier alpha value is -1.94. The Kier molecular flexibility index (Phi) is 5.44. The Morgan fingerprint density at radius 3 is 2.48 bits per heavy atom. The molecule has 2 aromatic rings. The molecule has 0 atom stereocenters. The van der Waals surface area contributed by atoms with Gasteiger partial charge in [-0.05, 0) is 46.9 Å². The Balaban J connectivity index is 1.29. The number of benzene rings is 1. The smallest absolute Gasteiger partial charge is 0.254 e. The first-order valence-electron chi connectivity index (χ1n) is 9.04. The van der Waals surface area contributed by atoms with Gasteiger partial charge >= 0.3 is 0 Å². The highest BCUT2D eigenvalue weighted by Crippen LogP contribution is 2.25. The van der Waals surface area contributed by atoms with Crippen LogP contribution in [-0.2, 0) is 0 Å². The second kappa shape index (κ2) is 7.97. The lowest BCUT2D eigenvalue weighted by molar-refractivity contribution is 0.0246. The maximum absolute atomic E-state index is 12.7. The molecule has 0 radical (unpaired) electrons. The van der Waals surface area contributed by atoms with Gasteiger partial charge in [0.25, 0.3) is 5.91 Å². The molecular weight excluding hydrogens is 457 g/mol. The van der Waals surface area contributed by atoms with Gasteiger partial charge in [0, 0.05) is 63.3 Å². The summed E-state index contributed by atoms with van der Waals surface area (Å²) in [4.78, 5) is 28.0. The van der Waals surface area contributed by atoms with E-state index in [1.165, 1.54) is 0 Å². The first kappa shape index (κ1) is 18.4. The van der Waals surface area contributed by atoms with Crippen molar-refractivity contribution >= 4 is 34.4 Å². The predicted molar refractivity (Wildman–Crippen MR) is 111 cm³/mol. The lowest BCUT2D eigenvalue weighted by atomic mass is 10.0. The molecule has 0 aliphatic carbocycles. The SMILES string of the molecule is COc1ccc(C(=O)N2CC(N3CCN(c4ncccn4)CC3)C2)cc1I. The molecule has 0 spiro atoms. The maximum Gasteiger partial charge on any atom is 0.254 e. The molecule has 1 aromatic heterocycles. The van der Waals surface area contributed by atoms with Crippen LogP contribution >= 0.6 is 22.6 Å². The summed E-state index contributed by atoms with van der Waals surface area (Å²) in [6.45, 7) is 5.39. The maximum atomic E-state index is 12.7. The third-order valence-corrected chi connectivity index (χ3v) is 6.06. The van der Waals surface area contributed by atoms with Crippen molar-refractivity contribution in [3.05, 3.63) is 45.8 Å². The zero-order valence-electron chi connectivity index (χ0n) is 15.2. The van der Waals surface area contributed by atoms with Crippen molar-refractivity contribution in [3.8, 4) is 5.75 Å². The van der Waals surface area contributed by atoms with E-state index in [0.29, 0.717) is 6.04 Å². The highest BCUT2D eigenvalue weighted by atomic mass is 127. The lowest BCUT2D eigenvalue weighted by Gasteiger charge is -2.48. The number of anilines is 1. The van der Waals surface area contributed by atoms with Crippen LogP contribution in [0, 0.1) is 3.57 Å². The molecule has 0 saturated carbocycles. The molecule has 8 heteroatoms. The molecule has 1 aromatic carbocycles. The molecule has 142 valence electrons. The van der Waals surface area contributed by atoms with Crippen molar-refractivity contribution < 1.29 is 9.53 Å². The van der Waals surface area contributed by atoms with E-state index in [0.717, 1.165) is 60.1 Å². The Morgan fingerprint density at radius 2 is 1.85 bits per heavy atom. The van der Waals surface area contributed by atoms with Gasteiger partial charge in [-0.3, -0.25) is 9.69 Å². The van der Waals surface area contributed by atoms with Crippen molar-refractivity contribution in [2.45, 2.75) is 6.04 Å². The normalized spacial score (nSPS) is 18.3. The molecule has 1 amide bonds. The zero-order chi connectivity index (χ0) is 18.8. The van der Waals surface area contributed by atoms with E-state index in [2.05, 4.69) is 42.4 Å². The van der Waals surface area contributed by atoms with E-state index in [4.69, 9.17) is 4.74 Å². The zero-order valence-corrected chi connectivity index (χ0v) is 17.4. The number of carbonyl (C=O) groups is 1. The summed E-state index contributed by atoms with van der Waals surface area (Å²) in [5.41, 5.74) is 0.727. The Labute approximate surface area is 172 Å². The standard InChI is InChI=1S/C19H22IN5O2/c1-27-17-4-3-14(11-16(17)20)18(26)25-12-15(13-25)23-7-9-24(10-8-23)19-21-5-2-6-22-19/h2-6,11,15H,7-10,12-13H2,1H3. The molecule has 2 aliphatic heterocycles. The number of likely N-dealkylation sites (tertiary alicyclic amines) is 1. The van der Waals surface area contributed by atoms with E-state index >= 15 is 0 Å². The van der Waals surface area contributed by atoms with Crippen LogP contribution in [0.15, 0.2) is 36.7 Å². The number of halogens is 1. The summed E-state index contributed by atoms with van der Waals surface area (Å²) in [6, 6.07) is 7.88. The van der Waals surface area contributed by atoms with Crippen LogP contribution in [0.3, 0.4) is 0 Å². The molecule has 2 aliphatic rings. The van der Waals surface area contributed by atoms with Gasteiger partial charge in [-0.2, -0.15) is 0 Å². The summed E-state index contributed by atoms with van der Waals surface area (Å²) >= 11 is 2.20. The average Bonchev–Trinajstić information content (AvgIpc) is 2.68. The van der Waals surface area contributed by atoms with Crippen LogP contribution in [0.5, 0.6) is 5.75 Å². The summed E-state index contributed by atoms with van der Waals surface area (Å²) in [6.07, 6.45) is 3.56. The molecule has 7 nitrogen and oxygen atoms in total. The second-order valence-corrected chi connectivity index (χ2v) is 7.95. The first-order chi connectivity index (χ1) is 13.2. The molecule has 0 bridgehead atoms. The van der Waals surface area contributed by atoms with Gasteiger partial charge in [-0.1, -0.05) is 0 Å². The van der Waals surface area contributed by atoms with Gasteiger partial charge in [-0.15, -0.1) is 0 Å². The largest absolute Gasteiger partial charge is 0.496 e. The number of aromatic nitrogens is 2. The van der Waals surface area contributed by atoms with E-state index in [-0.39, 0.29) is 5.91 Å². The molecule has 0 N–H and O–H groups in total. The van der Waals surface area contributed by atoms with Crippen molar-refractivity contribution in [1.29, 1.82) is 0 Å².